The van der Waals surface area contributed by atoms with Crippen molar-refractivity contribution in [2.24, 2.45) is 4.99 Å². The molecular formula is C23H21NOS. The van der Waals surface area contributed by atoms with Gasteiger partial charge in [-0.3, -0.25) is 0 Å². The molecule has 0 unspecified atom stereocenters. The second kappa shape index (κ2) is 9.07. The Morgan fingerprint density at radius 3 is 2.27 bits per heavy atom. The number of aryl methyl sites for hydroxylation is 1. The van der Waals surface area contributed by atoms with Crippen LogP contribution in [0.4, 0.5) is 5.69 Å². The lowest BCUT2D eigenvalue weighted by atomic mass is 10.2. The highest BCUT2D eigenvalue weighted by Gasteiger charge is 2.07. The molecule has 0 saturated heterocycles. The Hall–Kier alpha value is -2.78. The molecule has 0 amide bonds. The number of hydrogen-bond acceptors (Lipinski definition) is 3. The summed E-state index contributed by atoms with van der Waals surface area (Å²) in [4.78, 5) is 6.00. The van der Waals surface area contributed by atoms with Crippen LogP contribution in [-0.4, -0.2) is 5.04 Å². The molecule has 130 valence electrons. The van der Waals surface area contributed by atoms with Gasteiger partial charge in [-0.25, -0.2) is 4.99 Å². The van der Waals surface area contributed by atoms with E-state index in [9.17, 15) is 0 Å². The minimum Gasteiger partial charge on any atom is -0.465 e. The highest BCUT2D eigenvalue weighted by atomic mass is 32.2. The Labute approximate surface area is 159 Å². The van der Waals surface area contributed by atoms with Crippen molar-refractivity contribution in [3.8, 4) is 5.75 Å². The van der Waals surface area contributed by atoms with Crippen molar-refractivity contribution in [2.45, 2.75) is 18.7 Å². The first-order chi connectivity index (χ1) is 12.7. The molecule has 0 fully saturated rings. The molecule has 0 aliphatic rings. The van der Waals surface area contributed by atoms with Crippen LogP contribution in [0, 0.1) is 6.92 Å². The SMILES string of the molecule is C/C(=C\Oc1ccccc1)C(=Nc1cccc(C)c1)Sc1ccccc1. The molecule has 0 aliphatic heterocycles. The van der Waals surface area contributed by atoms with Gasteiger partial charge in [0.25, 0.3) is 0 Å². The molecule has 0 atom stereocenters. The fourth-order valence-electron chi connectivity index (χ4n) is 2.31. The summed E-state index contributed by atoms with van der Waals surface area (Å²) >= 11 is 1.63. The second-order valence-electron chi connectivity index (χ2n) is 5.90. The standard InChI is InChI=1S/C23H21NOS/c1-18-10-9-11-20(16-18)24-23(26-22-14-7-4-8-15-22)19(2)17-25-21-12-5-3-6-13-21/h3-17H,1-2H3/b19-17+,24-23?. The van der Waals surface area contributed by atoms with Gasteiger partial charge in [0.15, 0.2) is 0 Å². The zero-order chi connectivity index (χ0) is 18.2. The van der Waals surface area contributed by atoms with E-state index in [4.69, 9.17) is 9.73 Å². The van der Waals surface area contributed by atoms with Crippen molar-refractivity contribution in [3.63, 3.8) is 0 Å². The number of para-hydroxylation sites is 1. The monoisotopic (exact) mass is 359 g/mol. The lowest BCUT2D eigenvalue weighted by Gasteiger charge is -2.08. The summed E-state index contributed by atoms with van der Waals surface area (Å²) in [7, 11) is 0. The third-order valence-electron chi connectivity index (χ3n) is 3.64. The fourth-order valence-corrected chi connectivity index (χ4v) is 3.19. The average molecular weight is 359 g/mol. The minimum atomic E-state index is 0.812. The van der Waals surface area contributed by atoms with E-state index in [1.165, 1.54) is 5.56 Å². The van der Waals surface area contributed by atoms with Gasteiger partial charge < -0.3 is 4.74 Å². The van der Waals surface area contributed by atoms with Gasteiger partial charge in [0.1, 0.15) is 10.8 Å². The average Bonchev–Trinajstić information content (AvgIpc) is 2.67. The largest absolute Gasteiger partial charge is 0.465 e. The van der Waals surface area contributed by atoms with Crippen LogP contribution in [0.15, 0.2) is 107 Å². The highest BCUT2D eigenvalue weighted by Crippen LogP contribution is 2.27. The molecule has 0 saturated carbocycles. The van der Waals surface area contributed by atoms with E-state index >= 15 is 0 Å². The number of thioether (sulfide) groups is 1. The Kier molecular flexibility index (Phi) is 6.29. The molecule has 0 bridgehead atoms. The number of hydrogen-bond donors (Lipinski definition) is 0. The van der Waals surface area contributed by atoms with Crippen molar-refractivity contribution >= 4 is 22.5 Å². The topological polar surface area (TPSA) is 21.6 Å². The molecule has 0 N–H and O–H groups in total. The molecule has 3 aromatic carbocycles. The van der Waals surface area contributed by atoms with E-state index in [2.05, 4.69) is 31.2 Å². The van der Waals surface area contributed by atoms with Crippen LogP contribution >= 0.6 is 11.8 Å². The lowest BCUT2D eigenvalue weighted by molar-refractivity contribution is 0.478. The summed E-state index contributed by atoms with van der Waals surface area (Å²) in [6, 6.07) is 28.2. The van der Waals surface area contributed by atoms with Gasteiger partial charge >= 0.3 is 0 Å². The van der Waals surface area contributed by atoms with Crippen LogP contribution in [-0.2, 0) is 0 Å². The van der Waals surface area contributed by atoms with E-state index in [0.29, 0.717) is 0 Å². The van der Waals surface area contributed by atoms with E-state index < -0.39 is 0 Å². The van der Waals surface area contributed by atoms with Crippen LogP contribution < -0.4 is 4.74 Å². The molecule has 2 nitrogen and oxygen atoms in total. The van der Waals surface area contributed by atoms with Gasteiger partial charge in [0.2, 0.25) is 0 Å². The van der Waals surface area contributed by atoms with Crippen LogP contribution in [0.5, 0.6) is 5.75 Å². The van der Waals surface area contributed by atoms with E-state index in [0.717, 1.165) is 26.9 Å². The molecule has 0 spiro atoms. The smallest absolute Gasteiger partial charge is 0.126 e. The molecule has 3 rings (SSSR count). The molecule has 26 heavy (non-hydrogen) atoms. The summed E-state index contributed by atoms with van der Waals surface area (Å²) < 4.78 is 5.79. The third kappa shape index (κ3) is 5.36. The number of rotatable bonds is 5. The zero-order valence-corrected chi connectivity index (χ0v) is 15.7. The maximum Gasteiger partial charge on any atom is 0.126 e. The van der Waals surface area contributed by atoms with Crippen molar-refractivity contribution in [1.29, 1.82) is 0 Å². The Morgan fingerprint density at radius 1 is 0.885 bits per heavy atom. The molecular weight excluding hydrogens is 338 g/mol. The molecule has 0 heterocycles. The van der Waals surface area contributed by atoms with Gasteiger partial charge in [0, 0.05) is 10.5 Å². The van der Waals surface area contributed by atoms with Gasteiger partial charge in [-0.2, -0.15) is 0 Å². The van der Waals surface area contributed by atoms with Crippen molar-refractivity contribution in [2.75, 3.05) is 0 Å². The predicted octanol–water partition coefficient (Wildman–Crippen LogP) is 6.80. The lowest BCUT2D eigenvalue weighted by Crippen LogP contribution is -1.97. The van der Waals surface area contributed by atoms with Crippen molar-refractivity contribution in [3.05, 3.63) is 102 Å². The summed E-state index contributed by atoms with van der Waals surface area (Å²) in [5.74, 6) is 0.812. The first-order valence-electron chi connectivity index (χ1n) is 8.48. The molecule has 0 aliphatic carbocycles. The first-order valence-corrected chi connectivity index (χ1v) is 9.29. The van der Waals surface area contributed by atoms with Crippen molar-refractivity contribution < 1.29 is 4.74 Å². The summed E-state index contributed by atoms with van der Waals surface area (Å²) in [6.45, 7) is 4.09. The number of nitrogens with zero attached hydrogens (tertiary/aromatic N) is 1. The molecule has 0 radical (unpaired) electrons. The van der Waals surface area contributed by atoms with E-state index in [1.807, 2.05) is 67.6 Å². The number of benzene rings is 3. The number of aliphatic imine (C=N–C) groups is 1. The van der Waals surface area contributed by atoms with Gasteiger partial charge in [-0.05, 0) is 55.8 Å². The van der Waals surface area contributed by atoms with Gasteiger partial charge in [0.05, 0.1) is 11.9 Å². The van der Waals surface area contributed by atoms with Crippen LogP contribution in [0.1, 0.15) is 12.5 Å². The fraction of sp³-hybridized carbons (Fsp3) is 0.0870. The first kappa shape index (κ1) is 18.0. The third-order valence-corrected chi connectivity index (χ3v) is 4.76. The summed E-state index contributed by atoms with van der Waals surface area (Å²) in [5, 5.41) is 0.915. The van der Waals surface area contributed by atoms with Crippen LogP contribution in [0.25, 0.3) is 0 Å². The molecule has 0 aromatic heterocycles. The quantitative estimate of drug-likeness (QED) is 0.216. The van der Waals surface area contributed by atoms with Crippen LogP contribution in [0.3, 0.4) is 0 Å². The maximum atomic E-state index is 5.79. The molecule has 3 heteroatoms. The maximum absolute atomic E-state index is 5.79. The van der Waals surface area contributed by atoms with E-state index in [1.54, 1.807) is 18.0 Å². The minimum absolute atomic E-state index is 0.812. The second-order valence-corrected chi connectivity index (χ2v) is 6.97. The van der Waals surface area contributed by atoms with Crippen molar-refractivity contribution in [1.82, 2.24) is 0 Å². The van der Waals surface area contributed by atoms with Gasteiger partial charge in [-0.1, -0.05) is 60.3 Å². The number of ether oxygens (including phenoxy) is 1. The van der Waals surface area contributed by atoms with E-state index in [-0.39, 0.29) is 0 Å². The zero-order valence-electron chi connectivity index (χ0n) is 14.9. The highest BCUT2D eigenvalue weighted by molar-refractivity contribution is 8.14. The predicted molar refractivity (Wildman–Crippen MR) is 111 cm³/mol. The summed E-state index contributed by atoms with van der Waals surface area (Å²) in [6.07, 6.45) is 1.76. The normalized spacial score (nSPS) is 12.1. The Bertz CT molecular complexity index is 902. The Balaban J connectivity index is 1.88. The molecule has 3 aromatic rings. The van der Waals surface area contributed by atoms with Gasteiger partial charge in [-0.15, -0.1) is 0 Å². The Morgan fingerprint density at radius 2 is 1.58 bits per heavy atom. The van der Waals surface area contributed by atoms with Crippen LogP contribution in [0.2, 0.25) is 0 Å². The summed E-state index contributed by atoms with van der Waals surface area (Å²) in [5.41, 5.74) is 3.11.